The smallest absolute Gasteiger partial charge is 0.00204 e. The van der Waals surface area contributed by atoms with Crippen molar-refractivity contribution in [2.24, 2.45) is 5.73 Å². The van der Waals surface area contributed by atoms with Crippen LogP contribution in [0, 0.1) is 6.92 Å². The van der Waals surface area contributed by atoms with Crippen molar-refractivity contribution in [1.29, 1.82) is 0 Å². The van der Waals surface area contributed by atoms with Crippen molar-refractivity contribution in [3.63, 3.8) is 0 Å². The maximum Gasteiger partial charge on any atom is 0.00204 e. The second kappa shape index (κ2) is 5.87. The van der Waals surface area contributed by atoms with E-state index in [4.69, 9.17) is 5.73 Å². The van der Waals surface area contributed by atoms with Crippen molar-refractivity contribution in [3.8, 4) is 0 Å². The summed E-state index contributed by atoms with van der Waals surface area (Å²) >= 11 is 0. The van der Waals surface area contributed by atoms with Gasteiger partial charge in [0.2, 0.25) is 0 Å². The summed E-state index contributed by atoms with van der Waals surface area (Å²) in [5.41, 5.74) is 6.90. The molecule has 1 radical (unpaired) electrons. The van der Waals surface area contributed by atoms with Crippen molar-refractivity contribution in [1.82, 2.24) is 0 Å². The topological polar surface area (TPSA) is 26.0 Å². The van der Waals surface area contributed by atoms with Gasteiger partial charge in [0, 0.05) is 38.8 Å². The third kappa shape index (κ3) is 3.46. The summed E-state index contributed by atoms with van der Waals surface area (Å²) in [6, 6.07) is 10.1. The van der Waals surface area contributed by atoms with Crippen LogP contribution in [0.5, 0.6) is 0 Å². The molecule has 0 saturated carbocycles. The Hall–Kier alpha value is 0.284. The molecule has 2 heteroatoms. The third-order valence-corrected chi connectivity index (χ3v) is 1.54. The fourth-order valence-electron chi connectivity index (χ4n) is 0.867. The van der Waals surface area contributed by atoms with Gasteiger partial charge in [-0.25, -0.2) is 0 Å². The molecule has 0 spiro atoms. The summed E-state index contributed by atoms with van der Waals surface area (Å²) in [6.07, 6.45) is 0.754. The fraction of sp³-hybridized carbons (Fsp3) is 0.222. The quantitative estimate of drug-likeness (QED) is 0.761. The summed E-state index contributed by atoms with van der Waals surface area (Å²) < 4.78 is 0. The molecule has 0 aliphatic heterocycles. The van der Waals surface area contributed by atoms with Gasteiger partial charge in [0.15, 0.2) is 0 Å². The normalized spacial score (nSPS) is 11.8. The Morgan fingerprint density at radius 3 is 2.27 bits per heavy atom. The molecule has 57 valence electrons. The van der Waals surface area contributed by atoms with Gasteiger partial charge in [0.1, 0.15) is 0 Å². The molecular formula is C9H12NY-. The average molecular weight is 223 g/mol. The molecule has 0 aliphatic carbocycles. The molecular weight excluding hydrogens is 211 g/mol. The maximum atomic E-state index is 5.73. The Bertz CT molecular complexity index is 186. The Kier molecular flexibility index (Phi) is 6.03. The van der Waals surface area contributed by atoms with E-state index in [2.05, 4.69) is 6.92 Å². The summed E-state index contributed by atoms with van der Waals surface area (Å²) in [5.74, 6) is 0. The molecule has 1 rings (SSSR count). The Morgan fingerprint density at radius 1 is 1.27 bits per heavy atom. The molecule has 0 bridgehead atoms. The molecule has 1 nitrogen and oxygen atoms in total. The van der Waals surface area contributed by atoms with Crippen LogP contribution < -0.4 is 5.73 Å². The van der Waals surface area contributed by atoms with Crippen LogP contribution in [0.2, 0.25) is 0 Å². The monoisotopic (exact) mass is 223 g/mol. The van der Waals surface area contributed by atoms with E-state index in [0.717, 1.165) is 12.0 Å². The van der Waals surface area contributed by atoms with E-state index in [1.54, 1.807) is 0 Å². The van der Waals surface area contributed by atoms with Gasteiger partial charge in [0.25, 0.3) is 0 Å². The van der Waals surface area contributed by atoms with Crippen LogP contribution in [0.3, 0.4) is 0 Å². The molecule has 1 aromatic rings. The summed E-state index contributed by atoms with van der Waals surface area (Å²) in [4.78, 5) is 0. The van der Waals surface area contributed by atoms with E-state index in [-0.39, 0.29) is 38.8 Å². The van der Waals surface area contributed by atoms with E-state index in [9.17, 15) is 0 Å². The van der Waals surface area contributed by atoms with Crippen LogP contribution >= 0.6 is 0 Å². The fourth-order valence-corrected chi connectivity index (χ4v) is 0.867. The summed E-state index contributed by atoms with van der Waals surface area (Å²) in [5, 5.41) is 0. The van der Waals surface area contributed by atoms with E-state index in [1.807, 2.05) is 30.3 Å². The van der Waals surface area contributed by atoms with E-state index in [1.165, 1.54) is 0 Å². The van der Waals surface area contributed by atoms with Crippen LogP contribution in [0.4, 0.5) is 0 Å². The first-order valence-corrected chi connectivity index (χ1v) is 3.44. The van der Waals surface area contributed by atoms with Crippen molar-refractivity contribution < 1.29 is 32.7 Å². The zero-order valence-corrected chi connectivity index (χ0v) is 9.37. The third-order valence-electron chi connectivity index (χ3n) is 1.54. The molecule has 0 aromatic heterocycles. The number of rotatable bonds is 2. The van der Waals surface area contributed by atoms with Gasteiger partial charge in [-0.3, -0.25) is 0 Å². The Labute approximate surface area is 93.2 Å². The van der Waals surface area contributed by atoms with E-state index in [0.29, 0.717) is 0 Å². The van der Waals surface area contributed by atoms with Gasteiger partial charge in [-0.05, 0) is 5.56 Å². The zero-order chi connectivity index (χ0) is 7.40. The number of hydrogen-bond donors (Lipinski definition) is 1. The first kappa shape index (κ1) is 11.3. The Morgan fingerprint density at radius 2 is 1.82 bits per heavy atom. The largest absolute Gasteiger partial charge is 0.342 e. The van der Waals surface area contributed by atoms with E-state index >= 15 is 0 Å². The second-order valence-electron chi connectivity index (χ2n) is 2.31. The van der Waals surface area contributed by atoms with Crippen molar-refractivity contribution in [2.45, 2.75) is 12.5 Å². The molecule has 11 heavy (non-hydrogen) atoms. The first-order valence-electron chi connectivity index (χ1n) is 3.44. The molecule has 0 heterocycles. The molecule has 1 atom stereocenters. The summed E-state index contributed by atoms with van der Waals surface area (Å²) in [7, 11) is 0. The predicted octanol–water partition coefficient (Wildman–Crippen LogP) is 1.91. The number of nitrogens with two attached hydrogens (primary N) is 1. The minimum atomic E-state index is 0. The van der Waals surface area contributed by atoms with Gasteiger partial charge in [-0.15, -0.1) is 0 Å². The predicted molar refractivity (Wildman–Crippen MR) is 43.3 cm³/mol. The van der Waals surface area contributed by atoms with Crippen molar-refractivity contribution >= 4 is 0 Å². The number of hydrogen-bond acceptors (Lipinski definition) is 1. The summed E-state index contributed by atoms with van der Waals surface area (Å²) in [6.45, 7) is 3.74. The van der Waals surface area contributed by atoms with Crippen molar-refractivity contribution in [3.05, 3.63) is 42.8 Å². The van der Waals surface area contributed by atoms with Crippen LogP contribution in [0.25, 0.3) is 0 Å². The first-order chi connectivity index (χ1) is 4.84. The molecule has 2 N–H and O–H groups in total. The maximum absolute atomic E-state index is 5.73. The van der Waals surface area contributed by atoms with Crippen LogP contribution in [0.1, 0.15) is 18.0 Å². The van der Waals surface area contributed by atoms with Gasteiger partial charge in [-0.1, -0.05) is 30.3 Å². The van der Waals surface area contributed by atoms with Crippen LogP contribution in [0.15, 0.2) is 30.3 Å². The molecule has 1 aromatic carbocycles. The Balaban J connectivity index is 0.000001000. The second-order valence-corrected chi connectivity index (χ2v) is 2.31. The van der Waals surface area contributed by atoms with Crippen molar-refractivity contribution in [2.75, 3.05) is 0 Å². The minimum absolute atomic E-state index is 0. The zero-order valence-electron chi connectivity index (χ0n) is 6.53. The molecule has 0 aliphatic rings. The molecule has 0 amide bonds. The van der Waals surface area contributed by atoms with Gasteiger partial charge >= 0.3 is 0 Å². The van der Waals surface area contributed by atoms with Gasteiger partial charge in [0.05, 0.1) is 0 Å². The van der Waals surface area contributed by atoms with Crippen LogP contribution in [-0.4, -0.2) is 0 Å². The standard InChI is InChI=1S/C9H12N.Y/c1-2-9(10)8-6-4-3-5-7-8;/h3-7,9H,1-2,10H2;/q-1;. The molecule has 0 saturated heterocycles. The molecule has 0 fully saturated rings. The molecule has 1 unspecified atom stereocenters. The van der Waals surface area contributed by atoms with Crippen LogP contribution in [-0.2, 0) is 32.7 Å². The number of benzene rings is 1. The SMILES string of the molecule is [CH2-]CC(N)c1ccccc1.[Y]. The average Bonchev–Trinajstić information content (AvgIpc) is 2.05. The van der Waals surface area contributed by atoms with E-state index < -0.39 is 0 Å². The van der Waals surface area contributed by atoms with Gasteiger partial charge < -0.3 is 12.7 Å². The minimum Gasteiger partial charge on any atom is -0.342 e. The van der Waals surface area contributed by atoms with Gasteiger partial charge in [-0.2, -0.15) is 6.42 Å².